The second-order valence-corrected chi connectivity index (χ2v) is 10.6. The van der Waals surface area contributed by atoms with E-state index in [4.69, 9.17) is 9.15 Å². The van der Waals surface area contributed by atoms with Crippen molar-refractivity contribution in [3.05, 3.63) is 78.2 Å². The molecule has 0 aliphatic carbocycles. The zero-order chi connectivity index (χ0) is 21.3. The Kier molecular flexibility index (Phi) is 5.13. The summed E-state index contributed by atoms with van der Waals surface area (Å²) < 4.78 is 23.6. The summed E-state index contributed by atoms with van der Waals surface area (Å²) >= 11 is 0. The number of carbonyl (C=O) groups is 1. The van der Waals surface area contributed by atoms with Crippen LogP contribution in [0.3, 0.4) is 0 Å². The molecule has 4 aromatic rings. The van der Waals surface area contributed by atoms with Crippen molar-refractivity contribution in [2.75, 3.05) is 17.8 Å². The normalized spacial score (nSPS) is 12.0. The number of anilines is 1. The molecule has 0 fully saturated rings. The standard InChI is InChI=1S/C23H22N2O4S/c1-15-4-9-22(24-14-15)25-23(26)20-12-17(13-21-19(20)10-11-28-21)29-16-5-7-18(8-6-16)30(2,3)27/h4-14,30H,1-3H3,(H,24,25,26). The molecule has 0 bridgehead atoms. The van der Waals surface area contributed by atoms with Gasteiger partial charge in [0.05, 0.1) is 11.8 Å². The van der Waals surface area contributed by atoms with Crippen LogP contribution >= 0.6 is 0 Å². The fourth-order valence-corrected chi connectivity index (χ4v) is 3.89. The maximum atomic E-state index is 12.9. The number of rotatable bonds is 5. The summed E-state index contributed by atoms with van der Waals surface area (Å²) in [6, 6.07) is 15.9. The van der Waals surface area contributed by atoms with Gasteiger partial charge in [-0.3, -0.25) is 9.00 Å². The molecule has 1 N–H and O–H groups in total. The highest BCUT2D eigenvalue weighted by molar-refractivity contribution is 8.01. The summed E-state index contributed by atoms with van der Waals surface area (Å²) in [5, 5.41) is 3.48. The number of fused-ring (bicyclic) bond motifs is 1. The number of furan rings is 1. The molecule has 0 aliphatic rings. The van der Waals surface area contributed by atoms with E-state index in [2.05, 4.69) is 10.3 Å². The van der Waals surface area contributed by atoms with Gasteiger partial charge >= 0.3 is 0 Å². The Balaban J connectivity index is 1.63. The third-order valence-corrected chi connectivity index (χ3v) is 6.18. The van der Waals surface area contributed by atoms with E-state index >= 15 is 0 Å². The fraction of sp³-hybridized carbons (Fsp3) is 0.130. The van der Waals surface area contributed by atoms with Gasteiger partial charge in [0.1, 0.15) is 22.9 Å². The first-order valence-corrected chi connectivity index (χ1v) is 12.0. The molecule has 0 spiro atoms. The van der Waals surface area contributed by atoms with Crippen molar-refractivity contribution in [1.82, 2.24) is 4.98 Å². The lowest BCUT2D eigenvalue weighted by Gasteiger charge is -2.13. The molecule has 6 nitrogen and oxygen atoms in total. The number of thiol groups is 1. The number of amides is 1. The van der Waals surface area contributed by atoms with Crippen molar-refractivity contribution in [3.8, 4) is 11.5 Å². The number of ether oxygens (including phenoxy) is 1. The fourth-order valence-electron chi connectivity index (χ4n) is 3.03. The Bertz CT molecular complexity index is 1250. The third-order valence-electron chi connectivity index (χ3n) is 4.64. The van der Waals surface area contributed by atoms with Gasteiger partial charge in [0.2, 0.25) is 0 Å². The van der Waals surface area contributed by atoms with Crippen molar-refractivity contribution in [2.24, 2.45) is 0 Å². The van der Waals surface area contributed by atoms with Gasteiger partial charge < -0.3 is 14.5 Å². The van der Waals surface area contributed by atoms with Crippen LogP contribution in [0, 0.1) is 6.92 Å². The topological polar surface area (TPSA) is 81.4 Å². The van der Waals surface area contributed by atoms with Gasteiger partial charge in [-0.25, -0.2) is 4.98 Å². The highest BCUT2D eigenvalue weighted by Gasteiger charge is 2.16. The first-order valence-electron chi connectivity index (χ1n) is 9.38. The minimum absolute atomic E-state index is 0.309. The molecule has 30 heavy (non-hydrogen) atoms. The summed E-state index contributed by atoms with van der Waals surface area (Å²) in [6.07, 6.45) is 6.67. The van der Waals surface area contributed by atoms with Crippen molar-refractivity contribution in [1.29, 1.82) is 0 Å². The number of benzene rings is 2. The van der Waals surface area contributed by atoms with E-state index in [1.165, 1.54) is 6.26 Å². The SMILES string of the molecule is Cc1ccc(NC(=O)c2cc(Oc3ccc([SH](C)(C)=O)cc3)cc3occc23)nc1. The van der Waals surface area contributed by atoms with E-state index in [-0.39, 0.29) is 5.91 Å². The van der Waals surface area contributed by atoms with Crippen LogP contribution in [-0.4, -0.2) is 27.6 Å². The highest BCUT2D eigenvalue weighted by Crippen LogP contribution is 2.31. The van der Waals surface area contributed by atoms with Crippen molar-refractivity contribution < 1.29 is 18.2 Å². The Labute approximate surface area is 175 Å². The number of hydrogen-bond donors (Lipinski definition) is 2. The van der Waals surface area contributed by atoms with E-state index < -0.39 is 9.93 Å². The number of aromatic nitrogens is 1. The molecule has 0 radical (unpaired) electrons. The van der Waals surface area contributed by atoms with Crippen LogP contribution in [0.5, 0.6) is 11.5 Å². The zero-order valence-electron chi connectivity index (χ0n) is 16.9. The molecule has 2 aromatic heterocycles. The van der Waals surface area contributed by atoms with Crippen LogP contribution in [-0.2, 0) is 9.93 Å². The van der Waals surface area contributed by atoms with Gasteiger partial charge in [-0.1, -0.05) is 16.0 Å². The molecule has 2 heterocycles. The number of pyridine rings is 1. The average Bonchev–Trinajstić information content (AvgIpc) is 3.17. The largest absolute Gasteiger partial charge is 0.464 e. The molecule has 0 atom stereocenters. The molecule has 7 heteroatoms. The number of hydrogen-bond acceptors (Lipinski definition) is 5. The lowest BCUT2D eigenvalue weighted by atomic mass is 10.1. The molecular weight excluding hydrogens is 400 g/mol. The van der Waals surface area contributed by atoms with Crippen LogP contribution < -0.4 is 10.1 Å². The first-order chi connectivity index (χ1) is 14.3. The van der Waals surface area contributed by atoms with Gasteiger partial charge in [0.25, 0.3) is 5.91 Å². The molecule has 0 unspecified atom stereocenters. The predicted octanol–water partition coefficient (Wildman–Crippen LogP) is 4.82. The van der Waals surface area contributed by atoms with E-state index in [9.17, 15) is 9.00 Å². The number of carbonyl (C=O) groups excluding carboxylic acids is 1. The van der Waals surface area contributed by atoms with E-state index in [0.29, 0.717) is 33.8 Å². The Hall–Kier alpha value is -3.45. The smallest absolute Gasteiger partial charge is 0.257 e. The van der Waals surface area contributed by atoms with Crippen LogP contribution in [0.4, 0.5) is 5.82 Å². The summed E-state index contributed by atoms with van der Waals surface area (Å²) in [5.41, 5.74) is 1.97. The number of nitrogens with zero attached hydrogens (tertiary/aromatic N) is 1. The second-order valence-electron chi connectivity index (χ2n) is 7.42. The van der Waals surface area contributed by atoms with Gasteiger partial charge in [-0.15, -0.1) is 0 Å². The van der Waals surface area contributed by atoms with Crippen molar-refractivity contribution >= 4 is 32.6 Å². The maximum Gasteiger partial charge on any atom is 0.257 e. The molecule has 4 rings (SSSR count). The Morgan fingerprint density at radius 3 is 2.47 bits per heavy atom. The monoisotopic (exact) mass is 422 g/mol. The van der Waals surface area contributed by atoms with E-state index in [1.807, 2.05) is 13.0 Å². The van der Waals surface area contributed by atoms with Crippen LogP contribution in [0.25, 0.3) is 11.0 Å². The van der Waals surface area contributed by atoms with Gasteiger partial charge in [-0.05, 0) is 67.5 Å². The Morgan fingerprint density at radius 1 is 1.03 bits per heavy atom. The Morgan fingerprint density at radius 2 is 1.80 bits per heavy atom. The average molecular weight is 423 g/mol. The lowest BCUT2D eigenvalue weighted by Crippen LogP contribution is -2.13. The molecule has 0 saturated heterocycles. The minimum atomic E-state index is -2.33. The maximum absolute atomic E-state index is 12.9. The molecule has 0 saturated carbocycles. The van der Waals surface area contributed by atoms with E-state index in [1.54, 1.807) is 67.2 Å². The molecule has 0 aliphatic heterocycles. The summed E-state index contributed by atoms with van der Waals surface area (Å²) in [6.45, 7) is 1.93. The van der Waals surface area contributed by atoms with Gasteiger partial charge in [0.15, 0.2) is 0 Å². The molecule has 2 aromatic carbocycles. The van der Waals surface area contributed by atoms with E-state index in [0.717, 1.165) is 10.5 Å². The lowest BCUT2D eigenvalue weighted by molar-refractivity contribution is 0.102. The number of nitrogens with one attached hydrogen (secondary N) is 1. The summed E-state index contributed by atoms with van der Waals surface area (Å²) in [4.78, 5) is 17.9. The minimum Gasteiger partial charge on any atom is -0.464 e. The van der Waals surface area contributed by atoms with Crippen LogP contribution in [0.15, 0.2) is 76.4 Å². The molecular formula is C23H22N2O4S. The quantitative estimate of drug-likeness (QED) is 0.451. The van der Waals surface area contributed by atoms with Gasteiger partial charge in [0, 0.05) is 22.5 Å². The van der Waals surface area contributed by atoms with Crippen LogP contribution in [0.2, 0.25) is 0 Å². The summed E-state index contributed by atoms with van der Waals surface area (Å²) in [7, 11) is -2.33. The summed E-state index contributed by atoms with van der Waals surface area (Å²) in [5.74, 6) is 1.19. The molecule has 1 amide bonds. The highest BCUT2D eigenvalue weighted by atomic mass is 32.2. The third kappa shape index (κ3) is 4.26. The molecule has 154 valence electrons. The van der Waals surface area contributed by atoms with Crippen molar-refractivity contribution in [2.45, 2.75) is 11.8 Å². The number of aryl methyl sites for hydroxylation is 1. The first kappa shape index (κ1) is 19.8. The predicted molar refractivity (Wildman–Crippen MR) is 119 cm³/mol. The zero-order valence-corrected chi connectivity index (χ0v) is 17.8. The van der Waals surface area contributed by atoms with Gasteiger partial charge in [-0.2, -0.15) is 0 Å². The second kappa shape index (κ2) is 7.76. The van der Waals surface area contributed by atoms with Crippen LogP contribution in [0.1, 0.15) is 15.9 Å². The van der Waals surface area contributed by atoms with Crippen molar-refractivity contribution in [3.63, 3.8) is 0 Å².